The largest absolute Gasteiger partial charge is 0.507 e. The minimum Gasteiger partial charge on any atom is -0.507 e. The number of anilines is 1. The number of phenolic OH excluding ortho intramolecular Hbond substituents is 1. The van der Waals surface area contributed by atoms with E-state index in [-0.39, 0.29) is 5.75 Å². The molecule has 2 nitrogen and oxygen atoms in total. The SMILES string of the molecule is Cc1cc(-c2c(N)cccc2O)cs1. The number of nitrogen functional groups attached to an aromatic ring is 1. The highest BCUT2D eigenvalue weighted by molar-refractivity contribution is 7.10. The average molecular weight is 205 g/mol. The van der Waals surface area contributed by atoms with Crippen LogP contribution in [0, 0.1) is 6.92 Å². The maximum Gasteiger partial charge on any atom is 0.125 e. The second kappa shape index (κ2) is 3.35. The fourth-order valence-electron chi connectivity index (χ4n) is 1.45. The van der Waals surface area contributed by atoms with Gasteiger partial charge in [-0.3, -0.25) is 0 Å². The molecule has 0 atom stereocenters. The number of phenols is 1. The number of hydrogen-bond donors (Lipinski definition) is 2. The molecule has 3 N–H and O–H groups in total. The molecular formula is C11H11NOS. The molecule has 2 aromatic rings. The molecule has 0 bridgehead atoms. The van der Waals surface area contributed by atoms with Crippen LogP contribution in [0.1, 0.15) is 4.88 Å². The lowest BCUT2D eigenvalue weighted by atomic mass is 10.1. The summed E-state index contributed by atoms with van der Waals surface area (Å²) in [5.74, 6) is 0.239. The molecule has 0 saturated carbocycles. The van der Waals surface area contributed by atoms with Crippen molar-refractivity contribution in [1.82, 2.24) is 0 Å². The summed E-state index contributed by atoms with van der Waals surface area (Å²) in [6.45, 7) is 2.03. The van der Waals surface area contributed by atoms with Gasteiger partial charge in [0.15, 0.2) is 0 Å². The summed E-state index contributed by atoms with van der Waals surface area (Å²) in [7, 11) is 0. The van der Waals surface area contributed by atoms with E-state index in [2.05, 4.69) is 0 Å². The number of aromatic hydroxyl groups is 1. The van der Waals surface area contributed by atoms with E-state index < -0.39 is 0 Å². The predicted molar refractivity (Wildman–Crippen MR) is 60.6 cm³/mol. The highest BCUT2D eigenvalue weighted by atomic mass is 32.1. The van der Waals surface area contributed by atoms with Crippen LogP contribution >= 0.6 is 11.3 Å². The summed E-state index contributed by atoms with van der Waals surface area (Å²) in [6.07, 6.45) is 0. The molecule has 0 aliphatic carbocycles. The number of nitrogens with two attached hydrogens (primary N) is 1. The van der Waals surface area contributed by atoms with Gasteiger partial charge in [-0.15, -0.1) is 11.3 Å². The standard InChI is InChI=1S/C11H11NOS/c1-7-5-8(6-14-7)11-9(12)3-2-4-10(11)13/h2-6,13H,12H2,1H3. The second-order valence-corrected chi connectivity index (χ2v) is 4.30. The molecular weight excluding hydrogens is 194 g/mol. The van der Waals surface area contributed by atoms with Gasteiger partial charge in [-0.05, 0) is 36.1 Å². The van der Waals surface area contributed by atoms with Crippen LogP contribution < -0.4 is 5.73 Å². The van der Waals surface area contributed by atoms with Gasteiger partial charge in [-0.25, -0.2) is 0 Å². The number of aryl methyl sites for hydroxylation is 1. The van der Waals surface area contributed by atoms with Crippen molar-refractivity contribution in [2.45, 2.75) is 6.92 Å². The van der Waals surface area contributed by atoms with Crippen LogP contribution in [-0.4, -0.2) is 5.11 Å². The minimum atomic E-state index is 0.239. The highest BCUT2D eigenvalue weighted by Crippen LogP contribution is 2.36. The van der Waals surface area contributed by atoms with Crippen LogP contribution in [-0.2, 0) is 0 Å². The molecule has 0 amide bonds. The first-order chi connectivity index (χ1) is 6.68. The van der Waals surface area contributed by atoms with Crippen molar-refractivity contribution in [2.75, 3.05) is 5.73 Å². The molecule has 0 aliphatic heterocycles. The highest BCUT2D eigenvalue weighted by Gasteiger charge is 2.08. The van der Waals surface area contributed by atoms with E-state index >= 15 is 0 Å². The second-order valence-electron chi connectivity index (χ2n) is 3.19. The van der Waals surface area contributed by atoms with Crippen molar-refractivity contribution < 1.29 is 5.11 Å². The molecule has 1 heterocycles. The van der Waals surface area contributed by atoms with Crippen LogP contribution in [0.3, 0.4) is 0 Å². The fraction of sp³-hybridized carbons (Fsp3) is 0.0909. The van der Waals surface area contributed by atoms with Gasteiger partial charge >= 0.3 is 0 Å². The Morgan fingerprint density at radius 3 is 2.71 bits per heavy atom. The predicted octanol–water partition coefficient (Wildman–Crippen LogP) is 3.01. The molecule has 0 radical (unpaired) electrons. The number of thiophene rings is 1. The molecule has 0 spiro atoms. The minimum absolute atomic E-state index is 0.239. The number of benzene rings is 1. The lowest BCUT2D eigenvalue weighted by molar-refractivity contribution is 0.477. The van der Waals surface area contributed by atoms with Crippen molar-refractivity contribution in [3.05, 3.63) is 34.5 Å². The first-order valence-electron chi connectivity index (χ1n) is 4.31. The van der Waals surface area contributed by atoms with E-state index in [0.29, 0.717) is 5.69 Å². The maximum absolute atomic E-state index is 9.68. The van der Waals surface area contributed by atoms with E-state index in [0.717, 1.165) is 11.1 Å². The number of hydrogen-bond acceptors (Lipinski definition) is 3. The van der Waals surface area contributed by atoms with Crippen LogP contribution in [0.15, 0.2) is 29.6 Å². The van der Waals surface area contributed by atoms with Crippen molar-refractivity contribution >= 4 is 17.0 Å². The summed E-state index contributed by atoms with van der Waals surface area (Å²) >= 11 is 1.65. The summed E-state index contributed by atoms with van der Waals surface area (Å²) in [5.41, 5.74) is 8.14. The quantitative estimate of drug-likeness (QED) is 0.703. The summed E-state index contributed by atoms with van der Waals surface area (Å²) in [4.78, 5) is 1.21. The Morgan fingerprint density at radius 1 is 1.36 bits per heavy atom. The number of rotatable bonds is 1. The molecule has 0 saturated heterocycles. The molecule has 2 rings (SSSR count). The molecule has 1 aromatic carbocycles. The third-order valence-electron chi connectivity index (χ3n) is 2.09. The third kappa shape index (κ3) is 1.46. The Bertz CT molecular complexity index is 442. The molecule has 72 valence electrons. The van der Waals surface area contributed by atoms with Crippen LogP contribution in [0.2, 0.25) is 0 Å². The Balaban J connectivity index is 2.61. The van der Waals surface area contributed by atoms with Gasteiger partial charge in [0.1, 0.15) is 5.75 Å². The zero-order valence-electron chi connectivity index (χ0n) is 7.82. The van der Waals surface area contributed by atoms with Gasteiger partial charge in [0, 0.05) is 16.1 Å². The Morgan fingerprint density at radius 2 is 2.14 bits per heavy atom. The van der Waals surface area contributed by atoms with Crippen LogP contribution in [0.5, 0.6) is 5.75 Å². The van der Waals surface area contributed by atoms with E-state index in [4.69, 9.17) is 5.73 Å². The Hall–Kier alpha value is -1.48. The van der Waals surface area contributed by atoms with Crippen molar-refractivity contribution in [1.29, 1.82) is 0 Å². The third-order valence-corrected chi connectivity index (χ3v) is 2.96. The first kappa shape index (κ1) is 9.09. The van der Waals surface area contributed by atoms with E-state index in [9.17, 15) is 5.11 Å². The molecule has 1 aromatic heterocycles. The van der Waals surface area contributed by atoms with Gasteiger partial charge in [0.2, 0.25) is 0 Å². The van der Waals surface area contributed by atoms with Gasteiger partial charge in [0.05, 0.1) is 0 Å². The lowest BCUT2D eigenvalue weighted by Gasteiger charge is -2.05. The summed E-state index contributed by atoms with van der Waals surface area (Å²) in [6, 6.07) is 7.21. The van der Waals surface area contributed by atoms with Crippen LogP contribution in [0.4, 0.5) is 5.69 Å². The van der Waals surface area contributed by atoms with Crippen molar-refractivity contribution in [3.8, 4) is 16.9 Å². The topological polar surface area (TPSA) is 46.2 Å². The Kier molecular flexibility index (Phi) is 2.17. The maximum atomic E-state index is 9.68. The average Bonchev–Trinajstić information content (AvgIpc) is 2.51. The van der Waals surface area contributed by atoms with E-state index in [1.807, 2.05) is 18.4 Å². The normalized spacial score (nSPS) is 10.4. The monoisotopic (exact) mass is 205 g/mol. The first-order valence-corrected chi connectivity index (χ1v) is 5.19. The molecule has 3 heteroatoms. The zero-order valence-corrected chi connectivity index (χ0v) is 8.64. The molecule has 14 heavy (non-hydrogen) atoms. The molecule has 0 aliphatic rings. The summed E-state index contributed by atoms with van der Waals surface area (Å²) in [5, 5.41) is 11.7. The van der Waals surface area contributed by atoms with Gasteiger partial charge in [-0.2, -0.15) is 0 Å². The van der Waals surface area contributed by atoms with E-state index in [1.54, 1.807) is 29.5 Å². The smallest absolute Gasteiger partial charge is 0.125 e. The summed E-state index contributed by atoms with van der Waals surface area (Å²) < 4.78 is 0. The molecule has 0 fully saturated rings. The Labute approximate surface area is 86.6 Å². The van der Waals surface area contributed by atoms with Crippen LogP contribution in [0.25, 0.3) is 11.1 Å². The zero-order chi connectivity index (χ0) is 10.1. The fourth-order valence-corrected chi connectivity index (χ4v) is 2.14. The molecule has 0 unspecified atom stereocenters. The lowest BCUT2D eigenvalue weighted by Crippen LogP contribution is -1.88. The van der Waals surface area contributed by atoms with Gasteiger partial charge < -0.3 is 10.8 Å². The van der Waals surface area contributed by atoms with Gasteiger partial charge in [0.25, 0.3) is 0 Å². The van der Waals surface area contributed by atoms with Crippen molar-refractivity contribution in [3.63, 3.8) is 0 Å². The van der Waals surface area contributed by atoms with E-state index in [1.165, 1.54) is 4.88 Å². The van der Waals surface area contributed by atoms with Crippen molar-refractivity contribution in [2.24, 2.45) is 0 Å². The van der Waals surface area contributed by atoms with Gasteiger partial charge in [-0.1, -0.05) is 6.07 Å².